The molecule has 4 heteroatoms. The van der Waals surface area contributed by atoms with Gasteiger partial charge in [0.25, 0.3) is 6.71 Å². The molecule has 1 aromatic heterocycles. The third kappa shape index (κ3) is 6.84. The second-order valence-corrected chi connectivity index (χ2v) is 26.7. The standard InChI is InChI=1S/C63H71BN2S/c1-38-21-26-54-44(31-38)55-57(67-54)66(50-25-22-40(58(2,3)4)32-43(50)39-19-17-16-18-20-39)53-34-41(59(5,6)7)33-52-56(53)64(55)49-36-47-48(63(14,15)30-29-62(47,12)13)37-51(49)65(52)42-23-24-45-46(35-42)61(10,11)28-27-60(45,8)9/h16-26,31-37H,27-30H2,1-15H3. The summed E-state index contributed by atoms with van der Waals surface area (Å²) in [6, 6.07) is 43.9. The first-order valence-electron chi connectivity index (χ1n) is 25.2. The third-order valence-electron chi connectivity index (χ3n) is 17.0. The van der Waals surface area contributed by atoms with E-state index < -0.39 is 0 Å². The summed E-state index contributed by atoms with van der Waals surface area (Å²) in [5.74, 6) is 0. The van der Waals surface area contributed by atoms with Gasteiger partial charge < -0.3 is 9.80 Å². The van der Waals surface area contributed by atoms with E-state index in [1.54, 1.807) is 0 Å². The van der Waals surface area contributed by atoms with Gasteiger partial charge in [-0.2, -0.15) is 0 Å². The second-order valence-electron chi connectivity index (χ2n) is 25.7. The van der Waals surface area contributed by atoms with Crippen LogP contribution in [-0.4, -0.2) is 6.71 Å². The first-order valence-corrected chi connectivity index (χ1v) is 26.0. The summed E-state index contributed by atoms with van der Waals surface area (Å²) in [5.41, 5.74) is 23.5. The summed E-state index contributed by atoms with van der Waals surface area (Å²) >= 11 is 1.98. The molecule has 2 aliphatic heterocycles. The molecule has 0 fully saturated rings. The molecular formula is C63H71BN2S. The number of thiophene rings is 1. The zero-order valence-corrected chi connectivity index (χ0v) is 43.9. The fourth-order valence-corrected chi connectivity index (χ4v) is 13.7. The minimum atomic E-state index is -0.113. The molecule has 11 rings (SSSR count). The molecule has 0 radical (unpaired) electrons. The van der Waals surface area contributed by atoms with E-state index in [2.05, 4.69) is 223 Å². The molecule has 2 aliphatic carbocycles. The summed E-state index contributed by atoms with van der Waals surface area (Å²) < 4.78 is 1.35. The van der Waals surface area contributed by atoms with E-state index in [1.807, 2.05) is 11.3 Å². The highest BCUT2D eigenvalue weighted by molar-refractivity contribution is 7.26. The lowest BCUT2D eigenvalue weighted by molar-refractivity contribution is 0.332. The van der Waals surface area contributed by atoms with Crippen LogP contribution in [0.3, 0.4) is 0 Å². The van der Waals surface area contributed by atoms with Gasteiger partial charge in [-0.1, -0.05) is 163 Å². The monoisotopic (exact) mass is 899 g/mol. The van der Waals surface area contributed by atoms with Crippen molar-refractivity contribution in [2.24, 2.45) is 0 Å². The minimum absolute atomic E-state index is 0.00891. The SMILES string of the molecule is Cc1ccc2sc3c(c2c1)B1c2cc4c(cc2N(c2ccc5c(c2)C(C)(C)CCC5(C)C)c2cc(C(C)(C)C)cc(c21)N3c1ccc(C(C)(C)C)cc1-c1ccccc1)C(C)(C)CCC4(C)C. The van der Waals surface area contributed by atoms with Crippen LogP contribution in [-0.2, 0) is 32.5 Å². The Labute approximate surface area is 406 Å². The van der Waals surface area contributed by atoms with Crippen molar-refractivity contribution in [3.63, 3.8) is 0 Å². The maximum atomic E-state index is 2.74. The van der Waals surface area contributed by atoms with Crippen molar-refractivity contribution in [2.45, 2.75) is 162 Å². The largest absolute Gasteiger partial charge is 0.311 e. The minimum Gasteiger partial charge on any atom is -0.311 e. The van der Waals surface area contributed by atoms with Gasteiger partial charge in [0.05, 0.1) is 10.7 Å². The van der Waals surface area contributed by atoms with Crippen LogP contribution in [0, 0.1) is 6.92 Å². The molecule has 0 atom stereocenters. The molecule has 0 bridgehead atoms. The molecule has 7 aromatic rings. The Hall–Kier alpha value is -5.06. The zero-order valence-electron chi connectivity index (χ0n) is 43.1. The van der Waals surface area contributed by atoms with Gasteiger partial charge in [0.2, 0.25) is 0 Å². The van der Waals surface area contributed by atoms with Crippen molar-refractivity contribution in [2.75, 3.05) is 9.80 Å². The fraction of sp³-hybridized carbons (Fsp3) is 0.397. The van der Waals surface area contributed by atoms with E-state index in [0.717, 1.165) is 0 Å². The molecule has 2 nitrogen and oxygen atoms in total. The number of anilines is 6. The number of fused-ring (bicyclic) bond motifs is 8. The number of hydrogen-bond acceptors (Lipinski definition) is 3. The van der Waals surface area contributed by atoms with Crippen LogP contribution >= 0.6 is 11.3 Å². The van der Waals surface area contributed by atoms with E-state index in [9.17, 15) is 0 Å². The third-order valence-corrected chi connectivity index (χ3v) is 18.1. The summed E-state index contributed by atoms with van der Waals surface area (Å²) in [7, 11) is 0. The molecule has 0 spiro atoms. The number of rotatable bonds is 3. The van der Waals surface area contributed by atoms with Gasteiger partial charge in [-0.25, -0.2) is 0 Å². The summed E-state index contributed by atoms with van der Waals surface area (Å²) in [6.45, 7) is 36.4. The maximum absolute atomic E-state index is 2.74. The lowest BCUT2D eigenvalue weighted by Gasteiger charge is -2.48. The van der Waals surface area contributed by atoms with Crippen molar-refractivity contribution in [1.82, 2.24) is 0 Å². The Morgan fingerprint density at radius 3 is 1.70 bits per heavy atom. The summed E-state index contributed by atoms with van der Waals surface area (Å²) in [6.07, 6.45) is 4.74. The Morgan fingerprint density at radius 1 is 0.493 bits per heavy atom. The van der Waals surface area contributed by atoms with Crippen LogP contribution in [0.15, 0.2) is 109 Å². The average Bonchev–Trinajstić information content (AvgIpc) is 3.64. The Balaban J connectivity index is 1.31. The van der Waals surface area contributed by atoms with Crippen molar-refractivity contribution in [1.29, 1.82) is 0 Å². The van der Waals surface area contributed by atoms with E-state index in [1.165, 1.54) is 136 Å². The average molecular weight is 899 g/mol. The molecule has 0 amide bonds. The molecule has 0 N–H and O–H groups in total. The lowest BCUT2D eigenvalue weighted by atomic mass is 9.33. The number of benzene rings is 6. The first-order chi connectivity index (χ1) is 31.4. The van der Waals surface area contributed by atoms with Crippen LogP contribution in [0.2, 0.25) is 0 Å². The summed E-state index contributed by atoms with van der Waals surface area (Å²) in [4.78, 5) is 5.45. The number of aryl methyl sites for hydroxylation is 1. The van der Waals surface area contributed by atoms with E-state index in [0.29, 0.717) is 0 Å². The molecule has 0 saturated heterocycles. The van der Waals surface area contributed by atoms with Crippen molar-refractivity contribution in [3.05, 3.63) is 148 Å². The van der Waals surface area contributed by atoms with Crippen LogP contribution in [0.5, 0.6) is 0 Å². The van der Waals surface area contributed by atoms with Crippen LogP contribution in [0.1, 0.15) is 162 Å². The van der Waals surface area contributed by atoms with E-state index >= 15 is 0 Å². The summed E-state index contributed by atoms with van der Waals surface area (Å²) in [5, 5.41) is 2.72. The topological polar surface area (TPSA) is 6.48 Å². The Kier molecular flexibility index (Phi) is 9.61. The fourth-order valence-electron chi connectivity index (χ4n) is 12.4. The van der Waals surface area contributed by atoms with Gasteiger partial charge in [0.15, 0.2) is 0 Å². The highest BCUT2D eigenvalue weighted by Gasteiger charge is 2.49. The van der Waals surface area contributed by atoms with Gasteiger partial charge in [-0.15, -0.1) is 11.3 Å². The molecule has 342 valence electrons. The molecule has 67 heavy (non-hydrogen) atoms. The second kappa shape index (κ2) is 14.5. The highest BCUT2D eigenvalue weighted by Crippen LogP contribution is 2.55. The zero-order chi connectivity index (χ0) is 47.5. The molecule has 0 saturated carbocycles. The van der Waals surface area contributed by atoms with Crippen molar-refractivity contribution < 1.29 is 0 Å². The van der Waals surface area contributed by atoms with Crippen LogP contribution < -0.4 is 26.2 Å². The lowest BCUT2D eigenvalue weighted by Crippen LogP contribution is -2.61. The molecule has 3 heterocycles. The molecule has 0 unspecified atom stereocenters. The van der Waals surface area contributed by atoms with E-state index in [-0.39, 0.29) is 39.2 Å². The number of nitrogens with zero attached hydrogens (tertiary/aromatic N) is 2. The Morgan fingerprint density at radius 2 is 1.07 bits per heavy atom. The predicted molar refractivity (Wildman–Crippen MR) is 294 cm³/mol. The smallest absolute Gasteiger partial charge is 0.254 e. The van der Waals surface area contributed by atoms with E-state index in [4.69, 9.17) is 0 Å². The van der Waals surface area contributed by atoms with Gasteiger partial charge in [0, 0.05) is 33.0 Å². The predicted octanol–water partition coefficient (Wildman–Crippen LogP) is 16.3. The van der Waals surface area contributed by atoms with Crippen LogP contribution in [0.25, 0.3) is 21.2 Å². The maximum Gasteiger partial charge on any atom is 0.254 e. The molecule has 6 aromatic carbocycles. The van der Waals surface area contributed by atoms with Gasteiger partial charge in [-0.05, 0) is 174 Å². The quantitative estimate of drug-likeness (QED) is 0.163. The van der Waals surface area contributed by atoms with Gasteiger partial charge >= 0.3 is 0 Å². The number of hydrogen-bond donors (Lipinski definition) is 0. The van der Waals surface area contributed by atoms with Crippen LogP contribution in [0.4, 0.5) is 33.4 Å². The highest BCUT2D eigenvalue weighted by atomic mass is 32.1. The van der Waals surface area contributed by atoms with Gasteiger partial charge in [0.1, 0.15) is 0 Å². The normalized spacial score (nSPS) is 18.5. The van der Waals surface area contributed by atoms with Crippen molar-refractivity contribution >= 4 is 78.0 Å². The van der Waals surface area contributed by atoms with Gasteiger partial charge in [-0.3, -0.25) is 0 Å². The first kappa shape index (κ1) is 44.5. The Bertz CT molecular complexity index is 3180. The molecule has 4 aliphatic rings. The molecular weight excluding hydrogens is 828 g/mol. The van der Waals surface area contributed by atoms with Crippen molar-refractivity contribution in [3.8, 4) is 11.1 Å².